The van der Waals surface area contributed by atoms with Gasteiger partial charge in [0.2, 0.25) is 0 Å². The number of hydrogen-bond acceptors (Lipinski definition) is 9. The largest absolute Gasteiger partial charge is 0.416 e. The number of aliphatic hydroxyl groups excluding tert-OH is 1. The number of benzene rings is 2. The number of halogens is 3. The summed E-state index contributed by atoms with van der Waals surface area (Å²) in [6.45, 7) is 1.58. The third kappa shape index (κ3) is 6.40. The molecule has 1 aliphatic carbocycles. The third-order valence-electron chi connectivity index (χ3n) is 10.00. The van der Waals surface area contributed by atoms with E-state index in [0.29, 0.717) is 45.6 Å². The molecule has 1 atom stereocenters. The Balaban J connectivity index is 1.30. The number of carbonyl (C=O) groups excluding carboxylic acids is 1. The van der Waals surface area contributed by atoms with Gasteiger partial charge >= 0.3 is 6.18 Å². The summed E-state index contributed by atoms with van der Waals surface area (Å²) in [5.41, 5.74) is 1.87. The first-order chi connectivity index (χ1) is 24.0. The molecule has 2 fully saturated rings. The van der Waals surface area contributed by atoms with E-state index in [1.165, 1.54) is 17.3 Å². The number of rotatable bonds is 10. The Kier molecular flexibility index (Phi) is 8.54. The lowest BCUT2D eigenvalue weighted by molar-refractivity contribution is -0.138. The number of amides is 1. The summed E-state index contributed by atoms with van der Waals surface area (Å²) in [6.07, 6.45) is 0.282. The van der Waals surface area contributed by atoms with Crippen LogP contribution in [-0.4, -0.2) is 61.9 Å². The molecule has 1 saturated carbocycles. The molecular formula is C36H34F3N9O2. The van der Waals surface area contributed by atoms with Gasteiger partial charge in [-0.2, -0.15) is 23.7 Å². The predicted molar refractivity (Wildman–Crippen MR) is 177 cm³/mol. The van der Waals surface area contributed by atoms with Crippen LogP contribution in [0.3, 0.4) is 0 Å². The fraction of sp³-hybridized carbons (Fsp3) is 0.389. The van der Waals surface area contributed by atoms with Gasteiger partial charge in [0.05, 0.1) is 29.8 Å². The lowest BCUT2D eigenvalue weighted by Gasteiger charge is -2.20. The quantitative estimate of drug-likeness (QED) is 0.221. The first kappa shape index (κ1) is 33.2. The van der Waals surface area contributed by atoms with Crippen molar-refractivity contribution < 1.29 is 23.1 Å². The Morgan fingerprint density at radius 3 is 2.56 bits per heavy atom. The molecule has 0 radical (unpaired) electrons. The van der Waals surface area contributed by atoms with E-state index in [9.17, 15) is 33.6 Å². The lowest BCUT2D eigenvalue weighted by Crippen LogP contribution is -2.25. The minimum absolute atomic E-state index is 0.00233. The van der Waals surface area contributed by atoms with E-state index in [2.05, 4.69) is 31.5 Å². The van der Waals surface area contributed by atoms with Crippen molar-refractivity contribution in [3.8, 4) is 34.7 Å². The molecule has 256 valence electrons. The summed E-state index contributed by atoms with van der Waals surface area (Å²) in [5, 5.41) is 40.1. The molecule has 1 spiro atoms. The monoisotopic (exact) mass is 681 g/mol. The number of fused-ring (bicyclic) bond motifs is 1. The summed E-state index contributed by atoms with van der Waals surface area (Å²) in [6, 6.07) is 15.3. The maximum Gasteiger partial charge on any atom is 0.416 e. The summed E-state index contributed by atoms with van der Waals surface area (Å²) in [5.74, 6) is -0.142. The van der Waals surface area contributed by atoms with Crippen molar-refractivity contribution in [3.63, 3.8) is 0 Å². The summed E-state index contributed by atoms with van der Waals surface area (Å²) >= 11 is 0. The molecule has 2 N–H and O–H groups in total. The van der Waals surface area contributed by atoms with Crippen LogP contribution in [0.15, 0.2) is 48.8 Å². The minimum Gasteiger partial charge on any atom is -0.396 e. The number of nitrogens with one attached hydrogen (secondary N) is 1. The van der Waals surface area contributed by atoms with Gasteiger partial charge in [-0.25, -0.2) is 4.98 Å². The molecule has 14 heteroatoms. The topological polar surface area (TPSA) is 147 Å². The average molecular weight is 682 g/mol. The van der Waals surface area contributed by atoms with Gasteiger partial charge < -0.3 is 15.0 Å². The Labute approximate surface area is 286 Å². The zero-order valence-electron chi connectivity index (χ0n) is 27.3. The number of likely N-dealkylation sites (tertiary alicyclic amines) is 1. The molecule has 1 amide bonds. The van der Waals surface area contributed by atoms with Crippen LogP contribution in [0.5, 0.6) is 0 Å². The molecule has 2 aromatic carbocycles. The number of aliphatic hydroxyl groups is 1. The molecule has 0 unspecified atom stereocenters. The van der Waals surface area contributed by atoms with Gasteiger partial charge in [-0.05, 0) is 95.9 Å². The van der Waals surface area contributed by atoms with Gasteiger partial charge in [-0.15, -0.1) is 10.2 Å². The van der Waals surface area contributed by atoms with Gasteiger partial charge in [0.1, 0.15) is 18.0 Å². The Morgan fingerprint density at radius 2 is 1.90 bits per heavy atom. The fourth-order valence-electron chi connectivity index (χ4n) is 7.06. The maximum absolute atomic E-state index is 14.6. The second-order valence-electron chi connectivity index (χ2n) is 13.5. The predicted octanol–water partition coefficient (Wildman–Crippen LogP) is 5.51. The van der Waals surface area contributed by atoms with Gasteiger partial charge in [0, 0.05) is 56.8 Å². The summed E-state index contributed by atoms with van der Waals surface area (Å²) in [4.78, 5) is 22.2. The SMILES string of the molecule is Cn1cnnc1-c1ccc(C#N)cc1-c1cc(NC[C@H](CO)CC#N)nc(N2Cc3c(cc(CN4CCC5(CC5)C4)cc3C(F)(F)F)C2=O)c1. The molecule has 1 saturated heterocycles. The minimum atomic E-state index is -4.68. The number of anilines is 2. The van der Waals surface area contributed by atoms with Crippen LogP contribution in [-0.2, 0) is 26.3 Å². The molecule has 2 aromatic heterocycles. The average Bonchev–Trinajstić information content (AvgIpc) is 3.35. The Bertz CT molecular complexity index is 2060. The van der Waals surface area contributed by atoms with Crippen molar-refractivity contribution in [2.75, 3.05) is 36.5 Å². The van der Waals surface area contributed by atoms with E-state index in [1.807, 2.05) is 6.07 Å². The van der Waals surface area contributed by atoms with E-state index in [0.717, 1.165) is 32.4 Å². The van der Waals surface area contributed by atoms with Crippen molar-refractivity contribution in [3.05, 3.63) is 76.6 Å². The highest BCUT2D eigenvalue weighted by Gasteiger charge is 2.48. The highest BCUT2D eigenvalue weighted by molar-refractivity contribution is 6.10. The van der Waals surface area contributed by atoms with Crippen molar-refractivity contribution in [1.82, 2.24) is 24.6 Å². The number of nitrogens with zero attached hydrogens (tertiary/aromatic N) is 8. The number of nitriles is 2. The molecule has 3 aliphatic rings. The van der Waals surface area contributed by atoms with E-state index in [4.69, 9.17) is 0 Å². The smallest absolute Gasteiger partial charge is 0.396 e. The second-order valence-corrected chi connectivity index (χ2v) is 13.5. The maximum atomic E-state index is 14.6. The van der Waals surface area contributed by atoms with Gasteiger partial charge in [-0.1, -0.05) is 0 Å². The normalized spacial score (nSPS) is 17.1. The van der Waals surface area contributed by atoms with E-state index >= 15 is 0 Å². The highest BCUT2D eigenvalue weighted by Crippen LogP contribution is 2.53. The number of carbonyl (C=O) groups is 1. The number of pyridine rings is 1. The molecule has 0 bridgehead atoms. The second kappa shape index (κ2) is 12.9. The van der Waals surface area contributed by atoms with Crippen LogP contribution in [0, 0.1) is 34.0 Å². The Hall–Kier alpha value is -5.31. The zero-order chi connectivity index (χ0) is 35.2. The summed E-state index contributed by atoms with van der Waals surface area (Å²) in [7, 11) is 1.77. The van der Waals surface area contributed by atoms with E-state index in [1.54, 1.807) is 48.0 Å². The molecule has 4 heterocycles. The van der Waals surface area contributed by atoms with Crippen LogP contribution in [0.25, 0.3) is 22.5 Å². The van der Waals surface area contributed by atoms with Crippen LogP contribution in [0.2, 0.25) is 0 Å². The molecule has 2 aliphatic heterocycles. The van der Waals surface area contributed by atoms with Crippen molar-refractivity contribution in [2.24, 2.45) is 18.4 Å². The van der Waals surface area contributed by atoms with Crippen LogP contribution in [0.4, 0.5) is 24.8 Å². The van der Waals surface area contributed by atoms with Crippen LogP contribution in [0.1, 0.15) is 58.3 Å². The first-order valence-electron chi connectivity index (χ1n) is 16.4. The van der Waals surface area contributed by atoms with Crippen LogP contribution >= 0.6 is 0 Å². The van der Waals surface area contributed by atoms with Gasteiger partial charge in [0.15, 0.2) is 5.82 Å². The van der Waals surface area contributed by atoms with Crippen molar-refractivity contribution >= 4 is 17.5 Å². The molecule has 7 rings (SSSR count). The van der Waals surface area contributed by atoms with Crippen molar-refractivity contribution in [2.45, 2.75) is 44.9 Å². The standard InChI is InChI=1S/C36H34F3N9O2/c1-46-21-43-45-33(46)26-3-2-22(15-41)10-27(26)25-13-31(42-16-23(19-49)4-8-40)44-32(14-25)48-18-29-28(34(48)50)11-24(12-30(29)36(37,38)39)17-47-9-7-35(20-47)5-6-35/h2-3,10-14,21,23,49H,4-7,9,16-20H2,1H3,(H,42,44)/t23-/m1/s1. The number of aromatic nitrogens is 4. The fourth-order valence-corrected chi connectivity index (χ4v) is 7.06. The third-order valence-corrected chi connectivity index (χ3v) is 10.00. The Morgan fingerprint density at radius 1 is 1.08 bits per heavy atom. The highest BCUT2D eigenvalue weighted by atomic mass is 19.4. The van der Waals surface area contributed by atoms with E-state index in [-0.39, 0.29) is 48.9 Å². The van der Waals surface area contributed by atoms with Crippen LogP contribution < -0.4 is 10.2 Å². The molecule has 50 heavy (non-hydrogen) atoms. The van der Waals surface area contributed by atoms with Gasteiger partial charge in [-0.3, -0.25) is 14.6 Å². The van der Waals surface area contributed by atoms with E-state index < -0.39 is 23.6 Å². The van der Waals surface area contributed by atoms with Crippen molar-refractivity contribution in [1.29, 1.82) is 10.5 Å². The molecule has 11 nitrogen and oxygen atoms in total. The number of aryl methyl sites for hydroxylation is 1. The zero-order valence-corrected chi connectivity index (χ0v) is 27.3. The first-order valence-corrected chi connectivity index (χ1v) is 16.4. The van der Waals surface area contributed by atoms with Gasteiger partial charge in [0.25, 0.3) is 5.91 Å². The number of hydrogen-bond donors (Lipinski definition) is 2. The molecular weight excluding hydrogens is 647 g/mol. The molecule has 4 aromatic rings. The number of alkyl halides is 3. The summed E-state index contributed by atoms with van der Waals surface area (Å²) < 4.78 is 45.5. The lowest BCUT2D eigenvalue weighted by atomic mass is 9.97.